The van der Waals surface area contributed by atoms with Crippen LogP contribution < -0.4 is 10.6 Å². The van der Waals surface area contributed by atoms with Crippen molar-refractivity contribution in [2.75, 3.05) is 31.1 Å². The monoisotopic (exact) mass is 246 g/mol. The summed E-state index contributed by atoms with van der Waals surface area (Å²) in [6.45, 7) is 6.69. The molecule has 2 aliphatic rings. The summed E-state index contributed by atoms with van der Waals surface area (Å²) in [6.07, 6.45) is 4.57. The molecule has 4 nitrogen and oxygen atoms in total. The molecule has 0 aliphatic carbocycles. The molecule has 2 saturated heterocycles. The van der Waals surface area contributed by atoms with Crippen LogP contribution in [0.15, 0.2) is 18.3 Å². The lowest BCUT2D eigenvalue weighted by atomic mass is 10.1. The highest BCUT2D eigenvalue weighted by atomic mass is 15.3. The van der Waals surface area contributed by atoms with Crippen molar-refractivity contribution in [1.29, 1.82) is 0 Å². The van der Waals surface area contributed by atoms with Crippen molar-refractivity contribution < 1.29 is 0 Å². The Kier molecular flexibility index (Phi) is 3.22. The zero-order valence-corrected chi connectivity index (χ0v) is 11.0. The molecule has 1 aromatic rings. The van der Waals surface area contributed by atoms with Gasteiger partial charge in [-0.25, -0.2) is 4.98 Å². The maximum absolute atomic E-state index is 5.94. The van der Waals surface area contributed by atoms with Crippen LogP contribution in [0.25, 0.3) is 0 Å². The van der Waals surface area contributed by atoms with Crippen molar-refractivity contribution in [2.45, 2.75) is 31.8 Å². The molecule has 3 heterocycles. The van der Waals surface area contributed by atoms with Gasteiger partial charge in [-0.2, -0.15) is 0 Å². The Hall–Kier alpha value is -1.13. The van der Waals surface area contributed by atoms with Crippen molar-refractivity contribution in [1.82, 2.24) is 9.88 Å². The van der Waals surface area contributed by atoms with Gasteiger partial charge in [-0.05, 0) is 44.0 Å². The fourth-order valence-corrected chi connectivity index (χ4v) is 3.09. The molecule has 98 valence electrons. The SMILES string of the molecule is C[C@@H](N)c1ccnc(N2CCN3CCCC3C2)c1. The van der Waals surface area contributed by atoms with Gasteiger partial charge >= 0.3 is 0 Å². The number of nitrogens with zero attached hydrogens (tertiary/aromatic N) is 3. The van der Waals surface area contributed by atoms with E-state index in [2.05, 4.69) is 20.9 Å². The quantitative estimate of drug-likeness (QED) is 0.856. The zero-order valence-electron chi connectivity index (χ0n) is 11.0. The van der Waals surface area contributed by atoms with Crippen LogP contribution in [0.3, 0.4) is 0 Å². The molecule has 1 aromatic heterocycles. The summed E-state index contributed by atoms with van der Waals surface area (Å²) < 4.78 is 0. The van der Waals surface area contributed by atoms with Gasteiger partial charge in [0, 0.05) is 37.9 Å². The fourth-order valence-electron chi connectivity index (χ4n) is 3.09. The molecule has 0 radical (unpaired) electrons. The molecule has 0 amide bonds. The Balaban J connectivity index is 1.76. The molecule has 2 N–H and O–H groups in total. The second-order valence-corrected chi connectivity index (χ2v) is 5.51. The predicted octanol–water partition coefficient (Wildman–Crippen LogP) is 1.39. The molecule has 0 spiro atoms. The van der Waals surface area contributed by atoms with E-state index in [9.17, 15) is 0 Å². The van der Waals surface area contributed by atoms with E-state index in [0.717, 1.165) is 24.9 Å². The second-order valence-electron chi connectivity index (χ2n) is 5.51. The average molecular weight is 246 g/mol. The molecule has 2 atom stereocenters. The van der Waals surface area contributed by atoms with Gasteiger partial charge in [-0.1, -0.05) is 0 Å². The van der Waals surface area contributed by atoms with Crippen LogP contribution in [0.2, 0.25) is 0 Å². The van der Waals surface area contributed by atoms with E-state index in [1.807, 2.05) is 19.2 Å². The maximum atomic E-state index is 5.94. The summed E-state index contributed by atoms with van der Waals surface area (Å²) >= 11 is 0. The van der Waals surface area contributed by atoms with Gasteiger partial charge in [0.05, 0.1) is 0 Å². The molecule has 2 aliphatic heterocycles. The maximum Gasteiger partial charge on any atom is 0.128 e. The number of piperazine rings is 1. The number of nitrogens with two attached hydrogens (primary N) is 1. The van der Waals surface area contributed by atoms with Gasteiger partial charge in [-0.3, -0.25) is 4.90 Å². The summed E-state index contributed by atoms with van der Waals surface area (Å²) in [5, 5.41) is 0. The molecule has 3 rings (SSSR count). The molecule has 18 heavy (non-hydrogen) atoms. The number of fused-ring (bicyclic) bond motifs is 1. The summed E-state index contributed by atoms with van der Waals surface area (Å²) in [5.74, 6) is 1.09. The van der Waals surface area contributed by atoms with Crippen LogP contribution in [-0.4, -0.2) is 42.1 Å². The molecule has 0 bridgehead atoms. The first-order valence-corrected chi connectivity index (χ1v) is 6.94. The molecule has 2 fully saturated rings. The Morgan fingerprint density at radius 2 is 2.28 bits per heavy atom. The predicted molar refractivity (Wildman–Crippen MR) is 73.6 cm³/mol. The summed E-state index contributed by atoms with van der Waals surface area (Å²) in [6, 6.07) is 4.98. The molecule has 0 saturated carbocycles. The van der Waals surface area contributed by atoms with Crippen LogP contribution in [0, 0.1) is 0 Å². The van der Waals surface area contributed by atoms with Crippen molar-refractivity contribution in [3.8, 4) is 0 Å². The zero-order chi connectivity index (χ0) is 12.5. The van der Waals surface area contributed by atoms with E-state index in [1.54, 1.807) is 0 Å². The summed E-state index contributed by atoms with van der Waals surface area (Å²) in [7, 11) is 0. The third-order valence-electron chi connectivity index (χ3n) is 4.21. The van der Waals surface area contributed by atoms with Crippen molar-refractivity contribution in [2.24, 2.45) is 5.73 Å². The van der Waals surface area contributed by atoms with Gasteiger partial charge < -0.3 is 10.6 Å². The summed E-state index contributed by atoms with van der Waals surface area (Å²) in [5.41, 5.74) is 7.12. The number of hydrogen-bond donors (Lipinski definition) is 1. The lowest BCUT2D eigenvalue weighted by Crippen LogP contribution is -2.50. The van der Waals surface area contributed by atoms with Crippen LogP contribution in [0.1, 0.15) is 31.4 Å². The molecule has 0 aromatic carbocycles. The first-order chi connectivity index (χ1) is 8.74. The van der Waals surface area contributed by atoms with E-state index in [4.69, 9.17) is 5.73 Å². The average Bonchev–Trinajstić information content (AvgIpc) is 2.86. The third kappa shape index (κ3) is 2.22. The van der Waals surface area contributed by atoms with Gasteiger partial charge in [0.2, 0.25) is 0 Å². The number of aromatic nitrogens is 1. The standard InChI is InChI=1S/C14H22N4/c1-11(15)12-4-5-16-14(9-12)18-8-7-17-6-2-3-13(17)10-18/h4-5,9,11,13H,2-3,6-8,10,15H2,1H3/t11-,13?/m1/s1. The normalized spacial score (nSPS) is 26.1. The number of anilines is 1. The Bertz CT molecular complexity index is 418. The lowest BCUT2D eigenvalue weighted by Gasteiger charge is -2.38. The smallest absolute Gasteiger partial charge is 0.128 e. The number of rotatable bonds is 2. The lowest BCUT2D eigenvalue weighted by molar-refractivity contribution is 0.230. The number of hydrogen-bond acceptors (Lipinski definition) is 4. The minimum Gasteiger partial charge on any atom is -0.354 e. The molecule has 4 heteroatoms. The van der Waals surface area contributed by atoms with E-state index >= 15 is 0 Å². The Morgan fingerprint density at radius 1 is 1.39 bits per heavy atom. The molecular weight excluding hydrogens is 224 g/mol. The fraction of sp³-hybridized carbons (Fsp3) is 0.643. The first kappa shape index (κ1) is 11.9. The van der Waals surface area contributed by atoms with Crippen LogP contribution in [0.5, 0.6) is 0 Å². The van der Waals surface area contributed by atoms with Crippen molar-refractivity contribution in [3.63, 3.8) is 0 Å². The van der Waals surface area contributed by atoms with Gasteiger partial charge in [0.25, 0.3) is 0 Å². The molecule has 1 unspecified atom stereocenters. The second kappa shape index (κ2) is 4.86. The third-order valence-corrected chi connectivity index (χ3v) is 4.21. The van der Waals surface area contributed by atoms with Crippen molar-refractivity contribution >= 4 is 5.82 Å². The van der Waals surface area contributed by atoms with Gasteiger partial charge in [0.1, 0.15) is 5.82 Å². The first-order valence-electron chi connectivity index (χ1n) is 6.94. The van der Waals surface area contributed by atoms with E-state index in [1.165, 1.54) is 31.5 Å². The molecular formula is C14H22N4. The van der Waals surface area contributed by atoms with Crippen LogP contribution >= 0.6 is 0 Å². The minimum atomic E-state index is 0.0829. The van der Waals surface area contributed by atoms with E-state index in [-0.39, 0.29) is 6.04 Å². The van der Waals surface area contributed by atoms with Crippen molar-refractivity contribution in [3.05, 3.63) is 23.9 Å². The topological polar surface area (TPSA) is 45.4 Å². The van der Waals surface area contributed by atoms with Crippen LogP contribution in [-0.2, 0) is 0 Å². The number of pyridine rings is 1. The van der Waals surface area contributed by atoms with E-state index < -0.39 is 0 Å². The largest absolute Gasteiger partial charge is 0.354 e. The Labute approximate surface area is 109 Å². The highest BCUT2D eigenvalue weighted by Crippen LogP contribution is 2.25. The van der Waals surface area contributed by atoms with E-state index in [0.29, 0.717) is 0 Å². The minimum absolute atomic E-state index is 0.0829. The highest BCUT2D eigenvalue weighted by Gasteiger charge is 2.30. The summed E-state index contributed by atoms with van der Waals surface area (Å²) in [4.78, 5) is 9.54. The highest BCUT2D eigenvalue weighted by molar-refractivity contribution is 5.42. The van der Waals surface area contributed by atoms with Gasteiger partial charge in [0.15, 0.2) is 0 Å². The Morgan fingerprint density at radius 3 is 3.11 bits per heavy atom. The van der Waals surface area contributed by atoms with Gasteiger partial charge in [-0.15, -0.1) is 0 Å². The van der Waals surface area contributed by atoms with Crippen LogP contribution in [0.4, 0.5) is 5.82 Å².